The van der Waals surface area contributed by atoms with Crippen molar-refractivity contribution in [1.82, 2.24) is 15.5 Å². The van der Waals surface area contributed by atoms with Gasteiger partial charge in [0.05, 0.1) is 6.54 Å². The SMILES string of the molecule is CCNC(=NCCN(CC)C1CC1)NCCc1cccs1. The molecule has 2 N–H and O–H groups in total. The minimum atomic E-state index is 0.833. The molecule has 2 rings (SSSR count). The van der Waals surface area contributed by atoms with Crippen molar-refractivity contribution in [1.29, 1.82) is 0 Å². The van der Waals surface area contributed by atoms with Gasteiger partial charge in [0.15, 0.2) is 5.96 Å². The van der Waals surface area contributed by atoms with E-state index < -0.39 is 0 Å². The van der Waals surface area contributed by atoms with Gasteiger partial charge in [-0.05, 0) is 44.2 Å². The molecule has 1 heterocycles. The van der Waals surface area contributed by atoms with Crippen LogP contribution in [0.25, 0.3) is 0 Å². The maximum atomic E-state index is 4.69. The minimum absolute atomic E-state index is 0.833. The van der Waals surface area contributed by atoms with Crippen molar-refractivity contribution in [2.75, 3.05) is 32.7 Å². The van der Waals surface area contributed by atoms with Gasteiger partial charge in [0.1, 0.15) is 0 Å². The number of aliphatic imine (C=N–C) groups is 1. The standard InChI is InChI=1S/C16H28N4S/c1-3-17-16(18-10-9-15-6-5-13-21-15)19-11-12-20(4-2)14-7-8-14/h5-6,13-14H,3-4,7-12H2,1-2H3,(H2,17,18,19). The van der Waals surface area contributed by atoms with Crippen LogP contribution in [0.2, 0.25) is 0 Å². The van der Waals surface area contributed by atoms with E-state index in [1.54, 1.807) is 0 Å². The van der Waals surface area contributed by atoms with Crippen molar-refractivity contribution in [3.05, 3.63) is 22.4 Å². The number of nitrogens with one attached hydrogen (secondary N) is 2. The largest absolute Gasteiger partial charge is 0.357 e. The molecule has 0 bridgehead atoms. The zero-order chi connectivity index (χ0) is 14.9. The highest BCUT2D eigenvalue weighted by molar-refractivity contribution is 7.09. The highest BCUT2D eigenvalue weighted by atomic mass is 32.1. The van der Waals surface area contributed by atoms with Gasteiger partial charge in [0.2, 0.25) is 0 Å². The molecular weight excluding hydrogens is 280 g/mol. The van der Waals surface area contributed by atoms with Gasteiger partial charge in [0, 0.05) is 30.6 Å². The first kappa shape index (κ1) is 16.3. The van der Waals surface area contributed by atoms with E-state index in [9.17, 15) is 0 Å². The molecule has 0 amide bonds. The fraction of sp³-hybridized carbons (Fsp3) is 0.688. The molecule has 1 aliphatic carbocycles. The number of likely N-dealkylation sites (N-methyl/N-ethyl adjacent to an activating group) is 1. The van der Waals surface area contributed by atoms with E-state index in [1.165, 1.54) is 17.7 Å². The van der Waals surface area contributed by atoms with E-state index in [2.05, 4.69) is 51.9 Å². The molecule has 1 aromatic heterocycles. The Morgan fingerprint density at radius 2 is 2.24 bits per heavy atom. The van der Waals surface area contributed by atoms with Crippen molar-refractivity contribution in [3.8, 4) is 0 Å². The zero-order valence-corrected chi connectivity index (χ0v) is 14.1. The summed E-state index contributed by atoms with van der Waals surface area (Å²) in [6.45, 7) is 9.28. The molecule has 118 valence electrons. The summed E-state index contributed by atoms with van der Waals surface area (Å²) in [5.41, 5.74) is 0. The molecule has 21 heavy (non-hydrogen) atoms. The van der Waals surface area contributed by atoms with Gasteiger partial charge >= 0.3 is 0 Å². The molecule has 0 radical (unpaired) electrons. The Bertz CT molecular complexity index is 412. The maximum absolute atomic E-state index is 4.69. The quantitative estimate of drug-likeness (QED) is 0.543. The van der Waals surface area contributed by atoms with Gasteiger partial charge in [0.25, 0.3) is 0 Å². The average molecular weight is 308 g/mol. The summed E-state index contributed by atoms with van der Waals surface area (Å²) < 4.78 is 0. The molecular formula is C16H28N4S. The van der Waals surface area contributed by atoms with Crippen molar-refractivity contribution >= 4 is 17.3 Å². The van der Waals surface area contributed by atoms with Crippen LogP contribution in [0.4, 0.5) is 0 Å². The van der Waals surface area contributed by atoms with Gasteiger partial charge < -0.3 is 10.6 Å². The van der Waals surface area contributed by atoms with Gasteiger partial charge in [-0.2, -0.15) is 0 Å². The van der Waals surface area contributed by atoms with Crippen LogP contribution in [0.1, 0.15) is 31.6 Å². The molecule has 1 saturated carbocycles. The highest BCUT2D eigenvalue weighted by Gasteiger charge is 2.27. The molecule has 1 aromatic rings. The normalized spacial score (nSPS) is 15.5. The predicted octanol–water partition coefficient (Wildman–Crippen LogP) is 2.33. The summed E-state index contributed by atoms with van der Waals surface area (Å²) in [7, 11) is 0. The molecule has 0 aliphatic heterocycles. The highest BCUT2D eigenvalue weighted by Crippen LogP contribution is 2.25. The first-order valence-corrected chi connectivity index (χ1v) is 9.00. The monoisotopic (exact) mass is 308 g/mol. The second kappa shape index (κ2) is 9.05. The Kier molecular flexibility index (Phi) is 7.03. The van der Waals surface area contributed by atoms with Gasteiger partial charge in [-0.1, -0.05) is 13.0 Å². The Labute approximate surface area is 132 Å². The summed E-state index contributed by atoms with van der Waals surface area (Å²) >= 11 is 1.82. The summed E-state index contributed by atoms with van der Waals surface area (Å²) in [5, 5.41) is 8.88. The second-order valence-electron chi connectivity index (χ2n) is 5.38. The van der Waals surface area contributed by atoms with Crippen molar-refractivity contribution in [2.24, 2.45) is 4.99 Å². The van der Waals surface area contributed by atoms with Crippen LogP contribution in [0.3, 0.4) is 0 Å². The van der Waals surface area contributed by atoms with E-state index >= 15 is 0 Å². The molecule has 1 fully saturated rings. The lowest BCUT2D eigenvalue weighted by atomic mass is 10.3. The van der Waals surface area contributed by atoms with E-state index in [0.29, 0.717) is 0 Å². The van der Waals surface area contributed by atoms with E-state index in [1.807, 2.05) is 11.3 Å². The van der Waals surface area contributed by atoms with Gasteiger partial charge in [-0.3, -0.25) is 9.89 Å². The first-order valence-electron chi connectivity index (χ1n) is 8.12. The zero-order valence-electron chi connectivity index (χ0n) is 13.3. The molecule has 4 nitrogen and oxygen atoms in total. The fourth-order valence-corrected chi connectivity index (χ4v) is 3.14. The number of rotatable bonds is 9. The van der Waals surface area contributed by atoms with E-state index in [-0.39, 0.29) is 0 Å². The van der Waals surface area contributed by atoms with E-state index in [0.717, 1.165) is 51.1 Å². The summed E-state index contributed by atoms with van der Waals surface area (Å²) in [6.07, 6.45) is 3.80. The van der Waals surface area contributed by atoms with E-state index in [4.69, 9.17) is 0 Å². The number of hydrogen-bond donors (Lipinski definition) is 2. The van der Waals surface area contributed by atoms with Crippen LogP contribution in [-0.2, 0) is 6.42 Å². The third kappa shape index (κ3) is 6.06. The Morgan fingerprint density at radius 3 is 2.86 bits per heavy atom. The number of guanidine groups is 1. The van der Waals surface area contributed by atoms with Crippen LogP contribution in [0.15, 0.2) is 22.5 Å². The van der Waals surface area contributed by atoms with Crippen LogP contribution in [0.5, 0.6) is 0 Å². The Hall–Kier alpha value is -1.07. The number of hydrogen-bond acceptors (Lipinski definition) is 3. The lowest BCUT2D eigenvalue weighted by Crippen LogP contribution is -2.39. The fourth-order valence-electron chi connectivity index (χ4n) is 2.43. The molecule has 0 unspecified atom stereocenters. The first-order chi connectivity index (χ1) is 10.3. The molecule has 0 spiro atoms. The molecule has 0 atom stereocenters. The predicted molar refractivity (Wildman–Crippen MR) is 92.3 cm³/mol. The van der Waals surface area contributed by atoms with Crippen LogP contribution < -0.4 is 10.6 Å². The average Bonchev–Trinajstić information content (AvgIpc) is 3.20. The topological polar surface area (TPSA) is 39.7 Å². The smallest absolute Gasteiger partial charge is 0.191 e. The second-order valence-corrected chi connectivity index (χ2v) is 6.41. The van der Waals surface area contributed by atoms with Crippen molar-refractivity contribution in [3.63, 3.8) is 0 Å². The van der Waals surface area contributed by atoms with Crippen LogP contribution in [0, 0.1) is 0 Å². The molecule has 0 aromatic carbocycles. The van der Waals surface area contributed by atoms with Gasteiger partial charge in [-0.15, -0.1) is 11.3 Å². The minimum Gasteiger partial charge on any atom is -0.357 e. The summed E-state index contributed by atoms with van der Waals surface area (Å²) in [6, 6.07) is 5.13. The lowest BCUT2D eigenvalue weighted by Gasteiger charge is -2.18. The Morgan fingerprint density at radius 1 is 1.38 bits per heavy atom. The lowest BCUT2D eigenvalue weighted by molar-refractivity contribution is 0.286. The third-order valence-corrected chi connectivity index (χ3v) is 4.65. The maximum Gasteiger partial charge on any atom is 0.191 e. The number of thiophene rings is 1. The molecule has 5 heteroatoms. The van der Waals surface area contributed by atoms with Crippen LogP contribution >= 0.6 is 11.3 Å². The third-order valence-electron chi connectivity index (χ3n) is 3.71. The van der Waals surface area contributed by atoms with Gasteiger partial charge in [-0.25, -0.2) is 0 Å². The molecule has 1 aliphatic rings. The number of nitrogens with zero attached hydrogens (tertiary/aromatic N) is 2. The van der Waals surface area contributed by atoms with Crippen LogP contribution in [-0.4, -0.2) is 49.6 Å². The molecule has 0 saturated heterocycles. The summed E-state index contributed by atoms with van der Waals surface area (Å²) in [5.74, 6) is 0.945. The Balaban J connectivity index is 1.70. The van der Waals surface area contributed by atoms with Crippen molar-refractivity contribution < 1.29 is 0 Å². The van der Waals surface area contributed by atoms with Crippen molar-refractivity contribution in [2.45, 2.75) is 39.2 Å². The summed E-state index contributed by atoms with van der Waals surface area (Å²) in [4.78, 5) is 8.65.